The third-order valence-electron chi connectivity index (χ3n) is 1.54. The van der Waals surface area contributed by atoms with Gasteiger partial charge >= 0.3 is 0 Å². The number of ether oxygens (including phenoxy) is 1. The van der Waals surface area contributed by atoms with Crippen molar-refractivity contribution in [2.45, 2.75) is 0 Å². The lowest BCUT2D eigenvalue weighted by atomic mass is 10.4. The number of anilines is 2. The van der Waals surface area contributed by atoms with Crippen LogP contribution in [0.4, 0.5) is 11.5 Å². The number of hydrazine groups is 1. The van der Waals surface area contributed by atoms with Crippen LogP contribution in [0.15, 0.2) is 18.3 Å². The van der Waals surface area contributed by atoms with Crippen LogP contribution in [0, 0.1) is 0 Å². The topological polar surface area (TPSA) is 72.2 Å². The number of nitrogens with two attached hydrogens (primary N) is 1. The zero-order chi connectivity index (χ0) is 9.52. The molecule has 0 bridgehead atoms. The van der Waals surface area contributed by atoms with E-state index in [4.69, 9.17) is 10.6 Å². The number of nitrogen functional groups attached to an aromatic ring is 1. The van der Waals surface area contributed by atoms with Crippen LogP contribution in [0.2, 0.25) is 0 Å². The average molecular weight is 182 g/mol. The molecule has 13 heavy (non-hydrogen) atoms. The lowest BCUT2D eigenvalue weighted by Crippen LogP contribution is -2.10. The van der Waals surface area contributed by atoms with Crippen molar-refractivity contribution < 1.29 is 4.74 Å². The van der Waals surface area contributed by atoms with Crippen molar-refractivity contribution in [1.82, 2.24) is 4.98 Å². The van der Waals surface area contributed by atoms with E-state index in [0.29, 0.717) is 12.4 Å². The van der Waals surface area contributed by atoms with Crippen LogP contribution in [0.25, 0.3) is 0 Å². The van der Waals surface area contributed by atoms with E-state index >= 15 is 0 Å². The summed E-state index contributed by atoms with van der Waals surface area (Å²) in [5, 5.41) is 3.16. The molecule has 1 aromatic rings. The quantitative estimate of drug-likeness (QED) is 0.350. The summed E-state index contributed by atoms with van der Waals surface area (Å²) < 4.78 is 4.90. The van der Waals surface area contributed by atoms with E-state index in [1.54, 1.807) is 13.3 Å². The number of aromatic nitrogens is 1. The first-order valence-corrected chi connectivity index (χ1v) is 4.02. The number of hydrogen-bond acceptors (Lipinski definition) is 5. The molecule has 0 saturated carbocycles. The van der Waals surface area contributed by atoms with Gasteiger partial charge in [0.15, 0.2) is 0 Å². The molecule has 0 fully saturated rings. The molecule has 5 heteroatoms. The maximum atomic E-state index is 5.21. The SMILES string of the molecule is COCCNc1ccnc(NN)c1. The fourth-order valence-corrected chi connectivity index (χ4v) is 0.917. The number of hydrogen-bond donors (Lipinski definition) is 3. The molecule has 0 spiro atoms. The van der Waals surface area contributed by atoms with Crippen LogP contribution in [-0.4, -0.2) is 25.2 Å². The Balaban J connectivity index is 2.46. The third-order valence-corrected chi connectivity index (χ3v) is 1.54. The molecule has 5 nitrogen and oxygen atoms in total. The lowest BCUT2D eigenvalue weighted by Gasteiger charge is -2.06. The fourth-order valence-electron chi connectivity index (χ4n) is 0.917. The van der Waals surface area contributed by atoms with Crippen molar-refractivity contribution in [2.75, 3.05) is 31.0 Å². The number of nitrogens with zero attached hydrogens (tertiary/aromatic N) is 1. The van der Waals surface area contributed by atoms with Crippen LogP contribution < -0.4 is 16.6 Å². The Morgan fingerprint density at radius 1 is 1.62 bits per heavy atom. The normalized spacial score (nSPS) is 9.69. The minimum atomic E-state index is 0.641. The maximum absolute atomic E-state index is 5.21. The molecule has 0 aromatic carbocycles. The van der Waals surface area contributed by atoms with Gasteiger partial charge < -0.3 is 15.5 Å². The molecule has 0 radical (unpaired) electrons. The molecule has 1 aromatic heterocycles. The number of methoxy groups -OCH3 is 1. The van der Waals surface area contributed by atoms with Gasteiger partial charge in [-0.2, -0.15) is 0 Å². The highest BCUT2D eigenvalue weighted by molar-refractivity contribution is 5.51. The van der Waals surface area contributed by atoms with Crippen molar-refractivity contribution in [3.05, 3.63) is 18.3 Å². The predicted octanol–water partition coefficient (Wildman–Crippen LogP) is 0.425. The first-order chi connectivity index (χ1) is 6.36. The van der Waals surface area contributed by atoms with Crippen molar-refractivity contribution in [3.63, 3.8) is 0 Å². The van der Waals surface area contributed by atoms with Crippen molar-refractivity contribution in [1.29, 1.82) is 0 Å². The molecule has 4 N–H and O–H groups in total. The highest BCUT2D eigenvalue weighted by Crippen LogP contribution is 2.09. The van der Waals surface area contributed by atoms with Gasteiger partial charge in [-0.15, -0.1) is 0 Å². The molecule has 0 aliphatic carbocycles. The minimum Gasteiger partial charge on any atom is -0.383 e. The molecule has 0 atom stereocenters. The summed E-state index contributed by atoms with van der Waals surface area (Å²) in [6, 6.07) is 3.70. The van der Waals surface area contributed by atoms with E-state index in [0.717, 1.165) is 12.2 Å². The Bertz CT molecular complexity index is 254. The smallest absolute Gasteiger partial charge is 0.141 e. The zero-order valence-electron chi connectivity index (χ0n) is 7.58. The Kier molecular flexibility index (Phi) is 4.01. The van der Waals surface area contributed by atoms with Crippen LogP contribution in [0.3, 0.4) is 0 Å². The standard InChI is InChI=1S/C8H14N4O/c1-13-5-4-10-7-2-3-11-8(6-7)12-9/h2-3,6H,4-5,9H2,1H3,(H2,10,11,12). The minimum absolute atomic E-state index is 0.641. The molecule has 0 saturated heterocycles. The predicted molar refractivity (Wildman–Crippen MR) is 52.4 cm³/mol. The lowest BCUT2D eigenvalue weighted by molar-refractivity contribution is 0.211. The van der Waals surface area contributed by atoms with Gasteiger partial charge in [0.2, 0.25) is 0 Å². The highest BCUT2D eigenvalue weighted by Gasteiger charge is 1.93. The van der Waals surface area contributed by atoms with Gasteiger partial charge in [-0.25, -0.2) is 10.8 Å². The molecule has 0 unspecified atom stereocenters. The highest BCUT2D eigenvalue weighted by atomic mass is 16.5. The molecular formula is C8H14N4O. The van der Waals surface area contributed by atoms with Crippen molar-refractivity contribution in [2.24, 2.45) is 5.84 Å². The van der Waals surface area contributed by atoms with E-state index in [-0.39, 0.29) is 0 Å². The molecule has 72 valence electrons. The Hall–Kier alpha value is -1.33. The van der Waals surface area contributed by atoms with E-state index in [1.807, 2.05) is 12.1 Å². The van der Waals surface area contributed by atoms with Gasteiger partial charge in [0.25, 0.3) is 0 Å². The van der Waals surface area contributed by atoms with Crippen LogP contribution in [0.1, 0.15) is 0 Å². The third kappa shape index (κ3) is 3.27. The molecular weight excluding hydrogens is 168 g/mol. The summed E-state index contributed by atoms with van der Waals surface area (Å²) in [5.74, 6) is 5.85. The van der Waals surface area contributed by atoms with Crippen molar-refractivity contribution in [3.8, 4) is 0 Å². The van der Waals surface area contributed by atoms with E-state index in [2.05, 4.69) is 15.7 Å². The summed E-state index contributed by atoms with van der Waals surface area (Å²) in [7, 11) is 1.67. The summed E-state index contributed by atoms with van der Waals surface area (Å²) in [6.45, 7) is 1.44. The van der Waals surface area contributed by atoms with Crippen LogP contribution in [-0.2, 0) is 4.74 Å². The van der Waals surface area contributed by atoms with Gasteiger partial charge in [0, 0.05) is 31.6 Å². The van der Waals surface area contributed by atoms with Gasteiger partial charge in [-0.1, -0.05) is 0 Å². The largest absolute Gasteiger partial charge is 0.383 e. The molecule has 0 aliphatic heterocycles. The van der Waals surface area contributed by atoms with Gasteiger partial charge in [-0.05, 0) is 6.07 Å². The molecule has 0 aliphatic rings. The second-order valence-corrected chi connectivity index (χ2v) is 2.49. The second-order valence-electron chi connectivity index (χ2n) is 2.49. The molecule has 1 rings (SSSR count). The fraction of sp³-hybridized carbons (Fsp3) is 0.375. The van der Waals surface area contributed by atoms with E-state index in [1.165, 1.54) is 0 Å². The number of pyridine rings is 1. The van der Waals surface area contributed by atoms with Crippen molar-refractivity contribution >= 4 is 11.5 Å². The summed E-state index contributed by atoms with van der Waals surface area (Å²) in [5.41, 5.74) is 3.45. The first-order valence-electron chi connectivity index (χ1n) is 4.02. The maximum Gasteiger partial charge on any atom is 0.141 e. The van der Waals surface area contributed by atoms with Crippen LogP contribution >= 0.6 is 0 Å². The Morgan fingerprint density at radius 3 is 3.15 bits per heavy atom. The first kappa shape index (κ1) is 9.76. The van der Waals surface area contributed by atoms with Gasteiger partial charge in [0.1, 0.15) is 5.82 Å². The van der Waals surface area contributed by atoms with Gasteiger partial charge in [-0.3, -0.25) is 0 Å². The summed E-state index contributed by atoms with van der Waals surface area (Å²) in [6.07, 6.45) is 1.68. The summed E-state index contributed by atoms with van der Waals surface area (Å²) >= 11 is 0. The monoisotopic (exact) mass is 182 g/mol. The van der Waals surface area contributed by atoms with Crippen LogP contribution in [0.5, 0.6) is 0 Å². The Labute approximate surface area is 77.3 Å². The molecule has 1 heterocycles. The van der Waals surface area contributed by atoms with E-state index in [9.17, 15) is 0 Å². The second kappa shape index (κ2) is 5.34. The number of nitrogens with one attached hydrogen (secondary N) is 2. The van der Waals surface area contributed by atoms with Gasteiger partial charge in [0.05, 0.1) is 6.61 Å². The Morgan fingerprint density at radius 2 is 2.46 bits per heavy atom. The zero-order valence-corrected chi connectivity index (χ0v) is 7.58. The molecule has 0 amide bonds. The summed E-state index contributed by atoms with van der Waals surface area (Å²) in [4.78, 5) is 3.98. The van der Waals surface area contributed by atoms with E-state index < -0.39 is 0 Å². The average Bonchev–Trinajstić information content (AvgIpc) is 2.19. The number of rotatable bonds is 5.